The van der Waals surface area contributed by atoms with E-state index in [0.29, 0.717) is 36.6 Å². The fourth-order valence-electron chi connectivity index (χ4n) is 6.69. The van der Waals surface area contributed by atoms with Crippen molar-refractivity contribution in [2.45, 2.75) is 57.4 Å². The molecule has 10 heteroatoms. The molecule has 244 valence electrons. The smallest absolute Gasteiger partial charge is 0.355 e. The molecule has 47 heavy (non-hydrogen) atoms. The van der Waals surface area contributed by atoms with Crippen LogP contribution in [0.25, 0.3) is 33.1 Å². The number of hydrogen-bond acceptors (Lipinski definition) is 7. The average molecular weight is 655 g/mol. The zero-order valence-electron chi connectivity index (χ0n) is 26.6. The summed E-state index contributed by atoms with van der Waals surface area (Å²) in [5.41, 5.74) is 6.44. The second kappa shape index (κ2) is 14.0. The normalized spacial score (nSPS) is 15.2. The lowest BCUT2D eigenvalue weighted by Crippen LogP contribution is -2.10. The Labute approximate surface area is 274 Å². The van der Waals surface area contributed by atoms with E-state index in [4.69, 9.17) is 13.7 Å². The molecule has 9 nitrogen and oxygen atoms in total. The van der Waals surface area contributed by atoms with Gasteiger partial charge in [-0.25, -0.2) is 9.59 Å². The molecule has 2 aliphatic carbocycles. The number of nitrogens with one attached hydrogen (secondary N) is 1. The monoisotopic (exact) mass is 654 g/mol. The topological polar surface area (TPSA) is 117 Å². The lowest BCUT2D eigenvalue weighted by molar-refractivity contribution is 0.0532. The number of carbonyl (C=O) groups excluding carboxylic acids is 2. The largest absolute Gasteiger partial charge is 0.465 e. The molecule has 1 saturated carbocycles. The van der Waals surface area contributed by atoms with Crippen LogP contribution >= 0.6 is 0 Å². The summed E-state index contributed by atoms with van der Waals surface area (Å²) < 4.78 is 41.4. The summed E-state index contributed by atoms with van der Waals surface area (Å²) in [6.07, 6.45) is 13.0. The zero-order chi connectivity index (χ0) is 33.0. The van der Waals surface area contributed by atoms with Gasteiger partial charge in [-0.05, 0) is 60.6 Å². The van der Waals surface area contributed by atoms with Crippen LogP contribution in [0.2, 0.25) is 0 Å². The number of allylic oxidation sites excluding steroid dienone is 3. The summed E-state index contributed by atoms with van der Waals surface area (Å²) in [5.74, 6) is 5.35. The van der Waals surface area contributed by atoms with Gasteiger partial charge >= 0.3 is 11.9 Å². The number of ether oxygens (including phenoxy) is 2. The second-order valence-electron chi connectivity index (χ2n) is 12.1. The molecule has 0 radical (unpaired) electrons. The first-order valence-corrected chi connectivity index (χ1v) is 17.8. The van der Waals surface area contributed by atoms with Crippen LogP contribution in [-0.2, 0) is 30.3 Å². The van der Waals surface area contributed by atoms with Crippen molar-refractivity contribution in [3.63, 3.8) is 0 Å². The lowest BCUT2D eigenvalue weighted by atomic mass is 9.81. The molecule has 0 atom stereocenters. The number of methoxy groups -OCH3 is 1. The van der Waals surface area contributed by atoms with Crippen molar-refractivity contribution < 1.29 is 31.7 Å². The van der Waals surface area contributed by atoms with Gasteiger partial charge in [0.2, 0.25) is 0 Å². The molecule has 2 aromatic heterocycles. The summed E-state index contributed by atoms with van der Waals surface area (Å²) in [6, 6.07) is 13.4. The van der Waals surface area contributed by atoms with Gasteiger partial charge in [0.1, 0.15) is 12.3 Å². The Morgan fingerprint density at radius 1 is 1.06 bits per heavy atom. The van der Waals surface area contributed by atoms with Crippen molar-refractivity contribution in [2.24, 2.45) is 0 Å². The highest BCUT2D eigenvalue weighted by Gasteiger charge is 2.28. The molecule has 0 spiro atoms. The minimum absolute atomic E-state index is 0.0217. The average Bonchev–Trinajstić information content (AvgIpc) is 3.54. The molecule has 0 aliphatic heterocycles. The third kappa shape index (κ3) is 7.22. The van der Waals surface area contributed by atoms with Crippen molar-refractivity contribution in [3.8, 4) is 23.1 Å². The molecular weight excluding hydrogens is 616 g/mol. The first kappa shape index (κ1) is 32.4. The van der Waals surface area contributed by atoms with E-state index in [1.165, 1.54) is 19.1 Å². The summed E-state index contributed by atoms with van der Waals surface area (Å²) in [4.78, 5) is 29.2. The van der Waals surface area contributed by atoms with Gasteiger partial charge in [-0.1, -0.05) is 67.5 Å². The summed E-state index contributed by atoms with van der Waals surface area (Å²) in [7, 11) is -2.24. The van der Waals surface area contributed by atoms with Gasteiger partial charge in [-0.2, -0.15) is 8.42 Å². The van der Waals surface area contributed by atoms with Gasteiger partial charge in [0.05, 0.1) is 36.7 Å². The van der Waals surface area contributed by atoms with Gasteiger partial charge in [-0.15, -0.1) is 0 Å². The maximum atomic E-state index is 13.3. The van der Waals surface area contributed by atoms with Crippen molar-refractivity contribution in [1.82, 2.24) is 9.55 Å². The molecule has 0 saturated heterocycles. The Morgan fingerprint density at radius 2 is 1.89 bits per heavy atom. The molecule has 1 N–H and O–H groups in total. The summed E-state index contributed by atoms with van der Waals surface area (Å²) >= 11 is 0. The maximum Gasteiger partial charge on any atom is 0.355 e. The molecule has 1 fully saturated rings. The van der Waals surface area contributed by atoms with Crippen molar-refractivity contribution in [1.29, 1.82) is 0 Å². The molecule has 4 aromatic rings. The number of para-hydroxylation sites is 1. The molecule has 0 bridgehead atoms. The quantitative estimate of drug-likeness (QED) is 0.0798. The highest BCUT2D eigenvalue weighted by Crippen LogP contribution is 2.46. The Hall–Kier alpha value is -4.59. The van der Waals surface area contributed by atoms with Gasteiger partial charge in [-0.3, -0.25) is 4.18 Å². The molecule has 6 rings (SSSR count). The fourth-order valence-corrected chi connectivity index (χ4v) is 7.12. The van der Waals surface area contributed by atoms with Crippen molar-refractivity contribution >= 4 is 43.9 Å². The Bertz CT molecular complexity index is 2070. The van der Waals surface area contributed by atoms with Crippen LogP contribution in [-0.4, -0.2) is 56.5 Å². The van der Waals surface area contributed by atoms with Crippen molar-refractivity contribution in [3.05, 3.63) is 83.1 Å². The Kier molecular flexibility index (Phi) is 9.66. The third-order valence-electron chi connectivity index (χ3n) is 8.81. The van der Waals surface area contributed by atoms with E-state index in [1.54, 1.807) is 12.1 Å². The Balaban J connectivity index is 1.47. The van der Waals surface area contributed by atoms with Crippen LogP contribution in [0.3, 0.4) is 0 Å². The number of benzene rings is 2. The van der Waals surface area contributed by atoms with Crippen LogP contribution in [0.4, 0.5) is 0 Å². The second-order valence-corrected chi connectivity index (χ2v) is 13.7. The van der Waals surface area contributed by atoms with Crippen LogP contribution in [0.1, 0.15) is 77.3 Å². The standard InChI is InChI=1S/C37H38N2O7S/c1-44-36(40)28-18-19-29-32(23-28)39(20-11-21-46-47(2,42)43)35(33(29)26-14-8-5-9-15-26)30-17-10-16-27-22-31(38-34(27)30)37(41)45-24-25-12-6-3-4-7-13-25/h3,6,10,12,16-19,22-23,26,38H,5,8-9,11,13-15,20-21,24H2,1-2H3. The van der Waals surface area contributed by atoms with E-state index in [2.05, 4.69) is 21.4 Å². The number of aromatic amines is 1. The van der Waals surface area contributed by atoms with E-state index in [1.807, 2.05) is 48.6 Å². The zero-order valence-corrected chi connectivity index (χ0v) is 27.5. The fraction of sp³-hybridized carbons (Fsp3) is 0.351. The first-order valence-electron chi connectivity index (χ1n) is 15.9. The van der Waals surface area contributed by atoms with Gasteiger partial charge < -0.3 is 19.0 Å². The SMILES string of the molecule is COC(=O)c1ccc2c(C3CCCCC3)c(-c3cccc4cc(C(=O)OCC5=CC=CC#CC5)[nH]c34)n(CCCOS(C)(=O)=O)c2c1. The predicted octanol–water partition coefficient (Wildman–Crippen LogP) is 7.04. The van der Waals surface area contributed by atoms with Gasteiger partial charge in [0.25, 0.3) is 10.1 Å². The maximum absolute atomic E-state index is 13.3. The van der Waals surface area contributed by atoms with Crippen LogP contribution < -0.4 is 0 Å². The minimum atomic E-state index is -3.60. The predicted molar refractivity (Wildman–Crippen MR) is 182 cm³/mol. The molecule has 2 aliphatic rings. The number of esters is 2. The van der Waals surface area contributed by atoms with Gasteiger partial charge in [0, 0.05) is 34.8 Å². The number of fused-ring (bicyclic) bond motifs is 2. The number of aryl methyl sites for hydroxylation is 1. The molecule has 0 unspecified atom stereocenters. The van der Waals surface area contributed by atoms with E-state index < -0.39 is 22.1 Å². The number of nitrogens with zero attached hydrogens (tertiary/aromatic N) is 1. The Morgan fingerprint density at radius 3 is 2.68 bits per heavy atom. The van der Waals surface area contributed by atoms with Crippen LogP contribution in [0.15, 0.2) is 66.3 Å². The van der Waals surface area contributed by atoms with E-state index in [-0.39, 0.29) is 13.2 Å². The number of H-pyrrole nitrogens is 1. The highest BCUT2D eigenvalue weighted by molar-refractivity contribution is 7.85. The van der Waals surface area contributed by atoms with Crippen LogP contribution in [0, 0.1) is 11.8 Å². The highest BCUT2D eigenvalue weighted by atomic mass is 32.2. The lowest BCUT2D eigenvalue weighted by Gasteiger charge is -2.24. The molecule has 2 heterocycles. The van der Waals surface area contributed by atoms with Gasteiger partial charge in [0.15, 0.2) is 0 Å². The minimum Gasteiger partial charge on any atom is -0.465 e. The molecule has 0 amide bonds. The summed E-state index contributed by atoms with van der Waals surface area (Å²) in [5, 5.41) is 1.90. The number of rotatable bonds is 11. The number of aromatic nitrogens is 2. The van der Waals surface area contributed by atoms with E-state index >= 15 is 0 Å². The molecular formula is C37H38N2O7S. The first-order chi connectivity index (χ1) is 22.7. The van der Waals surface area contributed by atoms with E-state index in [0.717, 1.165) is 70.6 Å². The van der Waals surface area contributed by atoms with E-state index in [9.17, 15) is 18.0 Å². The third-order valence-corrected chi connectivity index (χ3v) is 9.41. The number of hydrogen-bond donors (Lipinski definition) is 1. The summed E-state index contributed by atoms with van der Waals surface area (Å²) in [6.45, 7) is 0.614. The molecule has 2 aromatic carbocycles. The number of carbonyl (C=O) groups is 2. The van der Waals surface area contributed by atoms with Crippen molar-refractivity contribution in [2.75, 3.05) is 26.6 Å². The van der Waals surface area contributed by atoms with Crippen LogP contribution in [0.5, 0.6) is 0 Å².